The van der Waals surface area contributed by atoms with Crippen LogP contribution in [0.1, 0.15) is 18.3 Å². The van der Waals surface area contributed by atoms with E-state index in [0.29, 0.717) is 5.82 Å². The lowest BCUT2D eigenvalue weighted by molar-refractivity contribution is 0.560. The summed E-state index contributed by atoms with van der Waals surface area (Å²) in [7, 11) is 0. The van der Waals surface area contributed by atoms with Crippen LogP contribution in [-0.2, 0) is 10.7 Å². The summed E-state index contributed by atoms with van der Waals surface area (Å²) in [5.41, 5.74) is 11.7. The van der Waals surface area contributed by atoms with Crippen LogP contribution in [0.25, 0.3) is 21.7 Å². The van der Waals surface area contributed by atoms with Gasteiger partial charge in [0.1, 0.15) is 6.26 Å². The summed E-state index contributed by atoms with van der Waals surface area (Å²) in [6.07, 6.45) is 3.52. The highest BCUT2D eigenvalue weighted by molar-refractivity contribution is 7.94. The molecule has 0 atom stereocenters. The number of fused-ring (bicyclic) bond motifs is 1. The molecule has 1 aromatic carbocycles. The van der Waals surface area contributed by atoms with Crippen LogP contribution in [-0.4, -0.2) is 14.6 Å². The van der Waals surface area contributed by atoms with Crippen molar-refractivity contribution < 1.29 is 4.18 Å². The summed E-state index contributed by atoms with van der Waals surface area (Å²) >= 11 is 1.20. The second-order valence-corrected chi connectivity index (χ2v) is 6.21. The Balaban J connectivity index is 1.71. The average Bonchev–Trinajstić information content (AvgIpc) is 3.10. The summed E-state index contributed by atoms with van der Waals surface area (Å²) in [4.78, 5) is 3.68. The summed E-state index contributed by atoms with van der Waals surface area (Å²) in [5.74, 6) is 0.673. The highest BCUT2D eigenvalue weighted by atomic mass is 32.2. The maximum atomic E-state index is 8.48. The molecule has 0 spiro atoms. The number of aromatic nitrogens is 3. The lowest BCUT2D eigenvalue weighted by atomic mass is 10.1. The van der Waals surface area contributed by atoms with Gasteiger partial charge in [0.05, 0.1) is 23.5 Å². The molecule has 2 heterocycles. The number of rotatable bonds is 7. The fourth-order valence-electron chi connectivity index (χ4n) is 2.27. The van der Waals surface area contributed by atoms with E-state index in [1.807, 2.05) is 60.0 Å². The third-order valence-corrected chi connectivity index (χ3v) is 4.47. The van der Waals surface area contributed by atoms with Crippen LogP contribution in [0, 0.1) is 0 Å². The number of hydrogen-bond donors (Lipinski definition) is 0. The molecule has 2 aromatic heterocycles. The SMILES string of the molecule is C=C(/C(C)=C/OSc1ccccc1CN=[N+]=[N-])c1nnc2ccccn12. The molecule has 0 aliphatic heterocycles. The molecule has 0 N–H and O–H groups in total. The average molecular weight is 364 g/mol. The van der Waals surface area contributed by atoms with Crippen molar-refractivity contribution in [1.82, 2.24) is 14.6 Å². The Kier molecular flexibility index (Phi) is 5.58. The van der Waals surface area contributed by atoms with Crippen molar-refractivity contribution in [2.45, 2.75) is 18.4 Å². The molecule has 3 aromatic rings. The topological polar surface area (TPSA) is 88.2 Å². The van der Waals surface area contributed by atoms with Crippen molar-refractivity contribution in [3.05, 3.63) is 88.9 Å². The molecule has 0 fully saturated rings. The molecule has 0 saturated carbocycles. The van der Waals surface area contributed by atoms with E-state index < -0.39 is 0 Å². The minimum absolute atomic E-state index is 0.282. The maximum Gasteiger partial charge on any atom is 0.168 e. The molecule has 130 valence electrons. The molecule has 0 aliphatic rings. The number of nitrogens with zero attached hydrogens (tertiary/aromatic N) is 6. The quantitative estimate of drug-likeness (QED) is 0.144. The van der Waals surface area contributed by atoms with Crippen LogP contribution < -0.4 is 0 Å². The summed E-state index contributed by atoms with van der Waals surface area (Å²) in [6.45, 7) is 6.28. The van der Waals surface area contributed by atoms with Crippen LogP contribution in [0.3, 0.4) is 0 Å². The lowest BCUT2D eigenvalue weighted by Crippen LogP contribution is -1.94. The fourth-order valence-corrected chi connectivity index (χ4v) is 2.94. The largest absolute Gasteiger partial charge is 0.428 e. The van der Waals surface area contributed by atoms with E-state index in [2.05, 4.69) is 26.8 Å². The monoisotopic (exact) mass is 364 g/mol. The number of benzene rings is 1. The molecule has 7 nitrogen and oxygen atoms in total. The van der Waals surface area contributed by atoms with Crippen molar-refractivity contribution in [2.75, 3.05) is 0 Å². The van der Waals surface area contributed by atoms with Gasteiger partial charge in [-0.15, -0.1) is 10.2 Å². The van der Waals surface area contributed by atoms with E-state index in [0.717, 1.165) is 27.3 Å². The normalized spacial score (nSPS) is 11.2. The smallest absolute Gasteiger partial charge is 0.168 e. The van der Waals surface area contributed by atoms with Gasteiger partial charge in [0.2, 0.25) is 0 Å². The third kappa shape index (κ3) is 3.88. The van der Waals surface area contributed by atoms with Gasteiger partial charge in [-0.3, -0.25) is 4.40 Å². The second-order valence-electron chi connectivity index (χ2n) is 5.41. The first-order chi connectivity index (χ1) is 12.7. The van der Waals surface area contributed by atoms with Crippen LogP contribution in [0.4, 0.5) is 0 Å². The van der Waals surface area contributed by atoms with E-state index in [1.165, 1.54) is 12.0 Å². The predicted molar refractivity (Wildman–Crippen MR) is 102 cm³/mol. The molecule has 26 heavy (non-hydrogen) atoms. The molecule has 0 saturated heterocycles. The Morgan fingerprint density at radius 2 is 2.12 bits per heavy atom. The fraction of sp³-hybridized carbons (Fsp3) is 0.111. The predicted octanol–water partition coefficient (Wildman–Crippen LogP) is 5.18. The van der Waals surface area contributed by atoms with Crippen LogP contribution in [0.15, 0.2) is 77.1 Å². The molecular weight excluding hydrogens is 348 g/mol. The van der Waals surface area contributed by atoms with Crippen LogP contribution in [0.2, 0.25) is 0 Å². The molecular formula is C18H16N6OS. The van der Waals surface area contributed by atoms with Gasteiger partial charge >= 0.3 is 0 Å². The van der Waals surface area contributed by atoms with Gasteiger partial charge in [0.25, 0.3) is 0 Å². The second kappa shape index (κ2) is 8.24. The summed E-state index contributed by atoms with van der Waals surface area (Å²) < 4.78 is 7.51. The molecule has 0 bridgehead atoms. The van der Waals surface area contributed by atoms with Crippen LogP contribution >= 0.6 is 12.0 Å². The highest BCUT2D eigenvalue weighted by Crippen LogP contribution is 2.27. The Labute approximate surface area is 154 Å². The van der Waals surface area contributed by atoms with E-state index in [9.17, 15) is 0 Å². The standard InChI is InChI=1S/C18H16N6OS/c1-13(14(2)18-22-21-17-9-5-6-10-24(17)18)12-25-26-16-8-4-3-7-15(16)11-20-23-19/h3-10,12H,2,11H2,1H3/b13-12+. The summed E-state index contributed by atoms with van der Waals surface area (Å²) in [6, 6.07) is 13.3. The van der Waals surface area contributed by atoms with Crippen molar-refractivity contribution >= 4 is 23.3 Å². The molecule has 0 radical (unpaired) electrons. The van der Waals surface area contributed by atoms with E-state index in [1.54, 1.807) is 6.26 Å². The minimum atomic E-state index is 0.282. The molecule has 0 amide bonds. The number of allylic oxidation sites excluding steroid dienone is 2. The van der Waals surface area contributed by atoms with Gasteiger partial charge < -0.3 is 4.18 Å². The summed E-state index contributed by atoms with van der Waals surface area (Å²) in [5, 5.41) is 11.9. The first-order valence-corrected chi connectivity index (χ1v) is 8.53. The van der Waals surface area contributed by atoms with Gasteiger partial charge in [-0.1, -0.05) is 36.0 Å². The number of hydrogen-bond acceptors (Lipinski definition) is 5. The Hall–Kier alpha value is -3.22. The van der Waals surface area contributed by atoms with Crippen molar-refractivity contribution in [2.24, 2.45) is 5.11 Å². The van der Waals surface area contributed by atoms with E-state index in [4.69, 9.17) is 9.71 Å². The van der Waals surface area contributed by atoms with Crippen LogP contribution in [0.5, 0.6) is 0 Å². The highest BCUT2D eigenvalue weighted by Gasteiger charge is 2.10. The molecule has 8 heteroatoms. The third-order valence-electron chi connectivity index (χ3n) is 3.70. The Bertz CT molecular complexity index is 1020. The number of azide groups is 1. The van der Waals surface area contributed by atoms with Gasteiger partial charge in [0.15, 0.2) is 11.5 Å². The molecule has 0 unspecified atom stereocenters. The van der Waals surface area contributed by atoms with E-state index >= 15 is 0 Å². The maximum absolute atomic E-state index is 8.48. The van der Waals surface area contributed by atoms with Crippen molar-refractivity contribution in [3.63, 3.8) is 0 Å². The van der Waals surface area contributed by atoms with Gasteiger partial charge in [-0.05, 0) is 41.8 Å². The molecule has 0 aliphatic carbocycles. The van der Waals surface area contributed by atoms with Crippen molar-refractivity contribution in [1.29, 1.82) is 0 Å². The van der Waals surface area contributed by atoms with Gasteiger partial charge in [-0.2, -0.15) is 0 Å². The van der Waals surface area contributed by atoms with E-state index in [-0.39, 0.29) is 6.54 Å². The van der Waals surface area contributed by atoms with Crippen molar-refractivity contribution in [3.8, 4) is 0 Å². The van der Waals surface area contributed by atoms with Gasteiger partial charge in [-0.25, -0.2) is 0 Å². The lowest BCUT2D eigenvalue weighted by Gasteiger charge is -2.07. The molecule has 3 rings (SSSR count). The first-order valence-electron chi connectivity index (χ1n) is 7.79. The Morgan fingerprint density at radius 1 is 1.31 bits per heavy atom. The first kappa shape index (κ1) is 17.6. The van der Waals surface area contributed by atoms with Gasteiger partial charge in [0, 0.05) is 16.7 Å². The zero-order valence-electron chi connectivity index (χ0n) is 14.1. The Morgan fingerprint density at radius 3 is 2.96 bits per heavy atom. The zero-order valence-corrected chi connectivity index (χ0v) is 14.9. The minimum Gasteiger partial charge on any atom is -0.428 e. The number of pyridine rings is 1. The zero-order chi connectivity index (χ0) is 18.4.